The third-order valence-corrected chi connectivity index (χ3v) is 8.62. The fraction of sp³-hybridized carbons (Fsp3) is 0. The van der Waals surface area contributed by atoms with Crippen molar-refractivity contribution in [2.24, 2.45) is 0 Å². The summed E-state index contributed by atoms with van der Waals surface area (Å²) in [7, 11) is 0. The summed E-state index contributed by atoms with van der Waals surface area (Å²) < 4.78 is 2.05. The lowest BCUT2D eigenvalue weighted by atomic mass is 9.92. The zero-order valence-electron chi connectivity index (χ0n) is 23.3. The molecule has 0 bridgehead atoms. The quantitative estimate of drug-likeness (QED) is 0.206. The molecule has 9 aromatic rings. The fourth-order valence-electron chi connectivity index (χ4n) is 6.54. The second-order valence-electron chi connectivity index (χ2n) is 11.1. The van der Waals surface area contributed by atoms with Gasteiger partial charge in [0.25, 0.3) is 0 Å². The minimum atomic E-state index is 0.952. The molecule has 0 unspecified atom stereocenters. The predicted octanol–water partition coefficient (Wildman–Crippen LogP) is 10.3. The van der Waals surface area contributed by atoms with Crippen LogP contribution in [0, 0.1) is 0 Å². The van der Waals surface area contributed by atoms with Crippen LogP contribution < -0.4 is 0 Å². The van der Waals surface area contributed by atoms with Crippen LogP contribution in [0.2, 0.25) is 0 Å². The first kappa shape index (κ1) is 23.9. The van der Waals surface area contributed by atoms with Gasteiger partial charge in [0.1, 0.15) is 5.65 Å². The highest BCUT2D eigenvalue weighted by Gasteiger charge is 2.16. The van der Waals surface area contributed by atoms with Crippen molar-refractivity contribution in [3.05, 3.63) is 152 Å². The summed E-state index contributed by atoms with van der Waals surface area (Å²) in [4.78, 5) is 10.2. The van der Waals surface area contributed by atoms with E-state index in [1.165, 1.54) is 48.8 Å². The van der Waals surface area contributed by atoms with Crippen molar-refractivity contribution in [2.75, 3.05) is 0 Å². The lowest BCUT2D eigenvalue weighted by Crippen LogP contribution is -1.92. The first-order valence-electron chi connectivity index (χ1n) is 14.6. The summed E-state index contributed by atoms with van der Waals surface area (Å²) in [6.45, 7) is 0. The Bertz CT molecular complexity index is 2450. The predicted molar refractivity (Wildman–Crippen MR) is 179 cm³/mol. The van der Waals surface area contributed by atoms with E-state index in [0.29, 0.717) is 0 Å². The summed E-state index contributed by atoms with van der Waals surface area (Å²) >= 11 is 0. The molecule has 0 aliphatic rings. The zero-order chi connectivity index (χ0) is 28.3. The Balaban J connectivity index is 1.16. The third-order valence-electron chi connectivity index (χ3n) is 8.62. The second kappa shape index (κ2) is 9.37. The van der Waals surface area contributed by atoms with Gasteiger partial charge in [-0.1, -0.05) is 127 Å². The molecule has 0 amide bonds. The van der Waals surface area contributed by atoms with Gasteiger partial charge in [-0.2, -0.15) is 0 Å². The van der Waals surface area contributed by atoms with Crippen molar-refractivity contribution in [1.82, 2.24) is 14.4 Å². The molecular weight excluding hydrogens is 522 g/mol. The standard InChI is InChI=1S/C40H25N3/c1-3-11-32-30(9-1)31-10-2-5-13-34(31)40-38(32)33-12-4-6-14-35(33)39(42-40)29-22-18-27(19-23-29)26-16-20-28(21-17-26)36-25-43-24-8-7-15-37(43)41-36/h1-25H. The van der Waals surface area contributed by atoms with Gasteiger partial charge in [0.15, 0.2) is 0 Å². The number of hydrogen-bond acceptors (Lipinski definition) is 2. The molecule has 0 saturated carbocycles. The minimum Gasteiger partial charge on any atom is -0.306 e. The summed E-state index contributed by atoms with van der Waals surface area (Å²) in [6, 6.07) is 49.6. The van der Waals surface area contributed by atoms with E-state index in [1.807, 2.05) is 24.4 Å². The van der Waals surface area contributed by atoms with Gasteiger partial charge in [-0.05, 0) is 44.8 Å². The summed E-state index contributed by atoms with van der Waals surface area (Å²) in [5.41, 5.74) is 8.55. The van der Waals surface area contributed by atoms with Gasteiger partial charge in [0.2, 0.25) is 0 Å². The van der Waals surface area contributed by atoms with Crippen molar-refractivity contribution < 1.29 is 0 Å². The molecule has 200 valence electrons. The average molecular weight is 548 g/mol. The highest BCUT2D eigenvalue weighted by atomic mass is 15.0. The molecule has 6 aromatic carbocycles. The summed E-state index contributed by atoms with van der Waals surface area (Å²) in [5, 5.41) is 8.55. The zero-order valence-corrected chi connectivity index (χ0v) is 23.3. The second-order valence-corrected chi connectivity index (χ2v) is 11.1. The normalized spacial score (nSPS) is 11.7. The number of aromatic nitrogens is 3. The molecule has 0 saturated heterocycles. The third kappa shape index (κ3) is 3.75. The van der Waals surface area contributed by atoms with Crippen molar-refractivity contribution in [2.45, 2.75) is 0 Å². The molecule has 0 fully saturated rings. The monoisotopic (exact) mass is 547 g/mol. The smallest absolute Gasteiger partial charge is 0.137 e. The molecule has 9 rings (SSSR count). The Labute approximate surface area is 248 Å². The number of fused-ring (bicyclic) bond motifs is 9. The van der Waals surface area contributed by atoms with Gasteiger partial charge in [-0.15, -0.1) is 0 Å². The summed E-state index contributed by atoms with van der Waals surface area (Å²) in [6.07, 6.45) is 4.10. The number of hydrogen-bond donors (Lipinski definition) is 0. The van der Waals surface area contributed by atoms with E-state index in [1.54, 1.807) is 0 Å². The Kier molecular flexibility index (Phi) is 5.20. The van der Waals surface area contributed by atoms with Crippen molar-refractivity contribution in [1.29, 1.82) is 0 Å². The highest BCUT2D eigenvalue weighted by Crippen LogP contribution is 2.41. The lowest BCUT2D eigenvalue weighted by molar-refractivity contribution is 1.19. The number of nitrogens with zero attached hydrogens (tertiary/aromatic N) is 3. The Hall–Kier alpha value is -5.80. The number of pyridine rings is 2. The van der Waals surface area contributed by atoms with Gasteiger partial charge in [0.05, 0.1) is 16.9 Å². The topological polar surface area (TPSA) is 30.2 Å². The van der Waals surface area contributed by atoms with Crippen LogP contribution in [0.4, 0.5) is 0 Å². The molecule has 0 N–H and O–H groups in total. The Morgan fingerprint density at radius 1 is 0.395 bits per heavy atom. The van der Waals surface area contributed by atoms with Crippen LogP contribution >= 0.6 is 0 Å². The van der Waals surface area contributed by atoms with E-state index in [-0.39, 0.29) is 0 Å². The molecule has 43 heavy (non-hydrogen) atoms. The van der Waals surface area contributed by atoms with Crippen molar-refractivity contribution in [3.63, 3.8) is 0 Å². The number of rotatable bonds is 3. The summed E-state index contributed by atoms with van der Waals surface area (Å²) in [5.74, 6) is 0. The van der Waals surface area contributed by atoms with E-state index in [4.69, 9.17) is 9.97 Å². The van der Waals surface area contributed by atoms with Crippen LogP contribution in [0.1, 0.15) is 0 Å². The van der Waals surface area contributed by atoms with E-state index in [0.717, 1.165) is 33.7 Å². The maximum atomic E-state index is 5.41. The molecule has 0 atom stereocenters. The minimum absolute atomic E-state index is 0.952. The van der Waals surface area contributed by atoms with E-state index in [2.05, 4.69) is 132 Å². The first-order chi connectivity index (χ1) is 21.3. The van der Waals surface area contributed by atoms with Crippen LogP contribution in [-0.2, 0) is 0 Å². The van der Waals surface area contributed by atoms with Crippen molar-refractivity contribution in [3.8, 4) is 33.6 Å². The van der Waals surface area contributed by atoms with Gasteiger partial charge in [0, 0.05) is 39.7 Å². The van der Waals surface area contributed by atoms with Gasteiger partial charge in [-0.25, -0.2) is 9.97 Å². The molecule has 0 spiro atoms. The van der Waals surface area contributed by atoms with Crippen LogP contribution in [0.25, 0.3) is 82.5 Å². The Morgan fingerprint density at radius 3 is 1.58 bits per heavy atom. The van der Waals surface area contributed by atoms with E-state index >= 15 is 0 Å². The highest BCUT2D eigenvalue weighted by molar-refractivity contribution is 6.31. The van der Waals surface area contributed by atoms with Gasteiger partial charge in [-0.3, -0.25) is 0 Å². The molecule has 0 aliphatic carbocycles. The van der Waals surface area contributed by atoms with Crippen LogP contribution in [0.15, 0.2) is 152 Å². The molecule has 0 radical (unpaired) electrons. The molecular formula is C40H25N3. The number of benzene rings is 6. The largest absolute Gasteiger partial charge is 0.306 e. The van der Waals surface area contributed by atoms with Gasteiger partial charge >= 0.3 is 0 Å². The molecule has 3 heterocycles. The average Bonchev–Trinajstić information content (AvgIpc) is 3.53. The van der Waals surface area contributed by atoms with Gasteiger partial charge < -0.3 is 4.40 Å². The van der Waals surface area contributed by atoms with E-state index in [9.17, 15) is 0 Å². The SMILES string of the molecule is c1ccc2c(c1)c(-c1ccc(-c3ccc(-c4cn5ccccc5n4)cc3)cc1)nc1c3ccccc3c3ccccc3c21. The maximum Gasteiger partial charge on any atom is 0.137 e. The van der Waals surface area contributed by atoms with Crippen LogP contribution in [0.3, 0.4) is 0 Å². The lowest BCUT2D eigenvalue weighted by Gasteiger charge is -2.15. The van der Waals surface area contributed by atoms with E-state index < -0.39 is 0 Å². The number of imidazole rings is 1. The molecule has 3 nitrogen and oxygen atoms in total. The fourth-order valence-corrected chi connectivity index (χ4v) is 6.54. The Morgan fingerprint density at radius 2 is 0.907 bits per heavy atom. The van der Waals surface area contributed by atoms with Crippen LogP contribution in [0.5, 0.6) is 0 Å². The van der Waals surface area contributed by atoms with Crippen LogP contribution in [-0.4, -0.2) is 14.4 Å². The maximum absolute atomic E-state index is 5.41. The first-order valence-corrected chi connectivity index (χ1v) is 14.6. The molecule has 0 aliphatic heterocycles. The molecule has 3 heteroatoms. The molecule has 3 aromatic heterocycles. The van der Waals surface area contributed by atoms with Crippen molar-refractivity contribution >= 4 is 48.9 Å².